The first-order chi connectivity index (χ1) is 7.24. The molecule has 1 rings (SSSR count). The van der Waals surface area contributed by atoms with Gasteiger partial charge in [0.2, 0.25) is 0 Å². The van der Waals surface area contributed by atoms with Crippen LogP contribution < -0.4 is 0 Å². The van der Waals surface area contributed by atoms with Crippen molar-refractivity contribution in [3.05, 3.63) is 0 Å². The van der Waals surface area contributed by atoms with E-state index in [9.17, 15) is 4.79 Å². The fourth-order valence-corrected chi connectivity index (χ4v) is 2.83. The zero-order valence-corrected chi connectivity index (χ0v) is 9.96. The van der Waals surface area contributed by atoms with E-state index in [0.29, 0.717) is 6.61 Å². The Labute approximate surface area is 95.0 Å². The summed E-state index contributed by atoms with van der Waals surface area (Å²) in [6.07, 6.45) is 0.249. The molecule has 15 heavy (non-hydrogen) atoms. The molecule has 1 saturated heterocycles. The Hall–Kier alpha value is -0.260. The van der Waals surface area contributed by atoms with E-state index in [2.05, 4.69) is 4.90 Å². The number of rotatable bonds is 6. The van der Waals surface area contributed by atoms with Crippen molar-refractivity contribution in [2.45, 2.75) is 19.4 Å². The van der Waals surface area contributed by atoms with Gasteiger partial charge in [0, 0.05) is 37.2 Å². The fourth-order valence-electron chi connectivity index (χ4n) is 1.70. The molecule has 0 aromatic heterocycles. The molecule has 1 unspecified atom stereocenters. The number of ether oxygens (including phenoxy) is 1. The number of thioether (sulfide) groups is 1. The van der Waals surface area contributed by atoms with Crippen LogP contribution in [0.3, 0.4) is 0 Å². The Morgan fingerprint density at radius 2 is 2.47 bits per heavy atom. The lowest BCUT2D eigenvalue weighted by Crippen LogP contribution is -2.45. The molecule has 0 aliphatic carbocycles. The zero-order valence-electron chi connectivity index (χ0n) is 9.15. The highest BCUT2D eigenvalue weighted by molar-refractivity contribution is 7.99. The number of hydrogen-bond acceptors (Lipinski definition) is 4. The number of carboxylic acid groups (broad SMARTS) is 1. The standard InChI is InChI=1S/C10H19NO3S/c1-2-14-5-3-11-4-6-15-8-9(11)7-10(12)13/h9H,2-8H2,1H3,(H,12,13). The molecule has 1 aliphatic rings. The van der Waals surface area contributed by atoms with Crippen LogP contribution in [0.25, 0.3) is 0 Å². The lowest BCUT2D eigenvalue weighted by molar-refractivity contribution is -0.138. The largest absolute Gasteiger partial charge is 0.481 e. The van der Waals surface area contributed by atoms with Crippen LogP contribution in [0.4, 0.5) is 0 Å². The van der Waals surface area contributed by atoms with E-state index < -0.39 is 5.97 Å². The number of carbonyl (C=O) groups is 1. The average molecular weight is 233 g/mol. The van der Waals surface area contributed by atoms with Gasteiger partial charge >= 0.3 is 5.97 Å². The van der Waals surface area contributed by atoms with Crippen molar-refractivity contribution in [3.63, 3.8) is 0 Å². The minimum atomic E-state index is -0.705. The van der Waals surface area contributed by atoms with E-state index in [-0.39, 0.29) is 12.5 Å². The third kappa shape index (κ3) is 4.86. The van der Waals surface area contributed by atoms with Gasteiger partial charge in [0.15, 0.2) is 0 Å². The van der Waals surface area contributed by atoms with Crippen molar-refractivity contribution in [1.29, 1.82) is 0 Å². The predicted octanol–water partition coefficient (Wildman–Crippen LogP) is 0.915. The summed E-state index contributed by atoms with van der Waals surface area (Å²) in [5.41, 5.74) is 0. The molecule has 0 saturated carbocycles. The Kier molecular flexibility index (Phi) is 6.05. The highest BCUT2D eigenvalue weighted by Gasteiger charge is 2.24. The monoisotopic (exact) mass is 233 g/mol. The third-order valence-electron chi connectivity index (χ3n) is 2.49. The van der Waals surface area contributed by atoms with Gasteiger partial charge in [-0.2, -0.15) is 11.8 Å². The number of nitrogens with zero attached hydrogens (tertiary/aromatic N) is 1. The van der Waals surface area contributed by atoms with Crippen molar-refractivity contribution in [3.8, 4) is 0 Å². The molecule has 0 amide bonds. The summed E-state index contributed by atoms with van der Waals surface area (Å²) in [4.78, 5) is 12.9. The molecule has 1 atom stereocenters. The predicted molar refractivity (Wildman–Crippen MR) is 61.4 cm³/mol. The molecule has 0 radical (unpaired) electrons. The minimum Gasteiger partial charge on any atom is -0.481 e. The molecule has 1 N–H and O–H groups in total. The van der Waals surface area contributed by atoms with Crippen LogP contribution in [-0.4, -0.2) is 59.8 Å². The molecule has 5 heteroatoms. The zero-order chi connectivity index (χ0) is 11.1. The molecular formula is C10H19NO3S. The van der Waals surface area contributed by atoms with Crippen molar-refractivity contribution in [1.82, 2.24) is 4.90 Å². The molecule has 1 heterocycles. The van der Waals surface area contributed by atoms with Gasteiger partial charge in [-0.25, -0.2) is 0 Å². The van der Waals surface area contributed by atoms with Crippen LogP contribution in [0.5, 0.6) is 0 Å². The van der Waals surface area contributed by atoms with Crippen LogP contribution >= 0.6 is 11.8 Å². The number of carboxylic acids is 1. The SMILES string of the molecule is CCOCCN1CCSCC1CC(=O)O. The van der Waals surface area contributed by atoms with Crippen LogP contribution in [-0.2, 0) is 9.53 Å². The van der Waals surface area contributed by atoms with Crippen molar-refractivity contribution >= 4 is 17.7 Å². The van der Waals surface area contributed by atoms with E-state index in [4.69, 9.17) is 9.84 Å². The fraction of sp³-hybridized carbons (Fsp3) is 0.900. The van der Waals surface area contributed by atoms with Gasteiger partial charge in [-0.1, -0.05) is 0 Å². The summed E-state index contributed by atoms with van der Waals surface area (Å²) in [7, 11) is 0. The maximum absolute atomic E-state index is 10.7. The smallest absolute Gasteiger partial charge is 0.304 e. The van der Waals surface area contributed by atoms with Crippen LogP contribution in [0.1, 0.15) is 13.3 Å². The highest BCUT2D eigenvalue weighted by Crippen LogP contribution is 2.18. The molecule has 0 spiro atoms. The molecule has 0 bridgehead atoms. The number of hydrogen-bond donors (Lipinski definition) is 1. The Morgan fingerprint density at radius 1 is 1.67 bits per heavy atom. The second kappa shape index (κ2) is 7.09. The first kappa shape index (κ1) is 12.8. The van der Waals surface area contributed by atoms with Crippen molar-refractivity contribution in [2.75, 3.05) is 37.8 Å². The Morgan fingerprint density at radius 3 is 3.13 bits per heavy atom. The Bertz CT molecular complexity index is 201. The molecule has 88 valence electrons. The van der Waals surface area contributed by atoms with Gasteiger partial charge in [0.1, 0.15) is 0 Å². The summed E-state index contributed by atoms with van der Waals surface area (Å²) in [5, 5.41) is 8.79. The summed E-state index contributed by atoms with van der Waals surface area (Å²) in [5.74, 6) is 1.32. The van der Waals surface area contributed by atoms with E-state index in [0.717, 1.165) is 31.2 Å². The van der Waals surface area contributed by atoms with Gasteiger partial charge < -0.3 is 9.84 Å². The Balaban J connectivity index is 2.32. The first-order valence-corrected chi connectivity index (χ1v) is 6.50. The summed E-state index contributed by atoms with van der Waals surface area (Å²) in [6, 6.07) is 0.182. The second-order valence-corrected chi connectivity index (χ2v) is 4.71. The maximum Gasteiger partial charge on any atom is 0.304 e. The quantitative estimate of drug-likeness (QED) is 0.691. The van der Waals surface area contributed by atoms with Crippen molar-refractivity contribution in [2.24, 2.45) is 0 Å². The molecular weight excluding hydrogens is 214 g/mol. The van der Waals surface area contributed by atoms with E-state index >= 15 is 0 Å². The van der Waals surface area contributed by atoms with Gasteiger partial charge in [-0.15, -0.1) is 0 Å². The summed E-state index contributed by atoms with van der Waals surface area (Å²) < 4.78 is 5.29. The second-order valence-electron chi connectivity index (χ2n) is 3.56. The third-order valence-corrected chi connectivity index (χ3v) is 3.58. The van der Waals surface area contributed by atoms with E-state index in [1.165, 1.54) is 0 Å². The van der Waals surface area contributed by atoms with Crippen molar-refractivity contribution < 1.29 is 14.6 Å². The summed E-state index contributed by atoms with van der Waals surface area (Å²) in [6.45, 7) is 5.24. The minimum absolute atomic E-state index is 0.182. The lowest BCUT2D eigenvalue weighted by Gasteiger charge is -2.34. The average Bonchev–Trinajstić information content (AvgIpc) is 2.20. The maximum atomic E-state index is 10.7. The summed E-state index contributed by atoms with van der Waals surface area (Å²) >= 11 is 1.84. The van der Waals surface area contributed by atoms with Gasteiger partial charge in [-0.3, -0.25) is 9.69 Å². The first-order valence-electron chi connectivity index (χ1n) is 5.35. The molecule has 4 nitrogen and oxygen atoms in total. The lowest BCUT2D eigenvalue weighted by atomic mass is 10.2. The normalized spacial score (nSPS) is 22.9. The molecule has 1 aliphatic heterocycles. The number of aliphatic carboxylic acids is 1. The highest BCUT2D eigenvalue weighted by atomic mass is 32.2. The van der Waals surface area contributed by atoms with Crippen LogP contribution in [0.15, 0.2) is 0 Å². The van der Waals surface area contributed by atoms with Crippen LogP contribution in [0.2, 0.25) is 0 Å². The van der Waals surface area contributed by atoms with Gasteiger partial charge in [-0.05, 0) is 6.92 Å². The van der Waals surface area contributed by atoms with E-state index in [1.807, 2.05) is 18.7 Å². The molecule has 1 fully saturated rings. The van der Waals surface area contributed by atoms with Crippen LogP contribution in [0, 0.1) is 0 Å². The molecule has 0 aromatic rings. The van der Waals surface area contributed by atoms with E-state index in [1.54, 1.807) is 0 Å². The topological polar surface area (TPSA) is 49.8 Å². The van der Waals surface area contributed by atoms with Gasteiger partial charge in [0.25, 0.3) is 0 Å². The molecule has 0 aromatic carbocycles. The van der Waals surface area contributed by atoms with Gasteiger partial charge in [0.05, 0.1) is 13.0 Å².